The zero-order chi connectivity index (χ0) is 17.7. The molecule has 3 rings (SSSR count). The quantitative estimate of drug-likeness (QED) is 0.375. The van der Waals surface area contributed by atoms with Crippen molar-refractivity contribution in [2.45, 2.75) is 10.8 Å². The highest BCUT2D eigenvalue weighted by atomic mass is 127. The topological polar surface area (TPSA) is 66.4 Å². The maximum Gasteiger partial charge on any atom is 0.471 e. The Bertz CT molecular complexity index is 871. The molecule has 0 amide bonds. The van der Waals surface area contributed by atoms with E-state index in [1.54, 1.807) is 12.1 Å². The molecule has 0 saturated carbocycles. The highest BCUT2D eigenvalue weighted by Gasteiger charge is 2.22. The SMILES string of the molecule is O=S(=O)(O[I+][O-])c1ccc(C(c2ccccc2)c2ccccc2)cc1. The van der Waals surface area contributed by atoms with Crippen LogP contribution in [0.15, 0.2) is 89.8 Å². The van der Waals surface area contributed by atoms with Crippen molar-refractivity contribution in [1.29, 1.82) is 0 Å². The fourth-order valence-corrected chi connectivity index (χ4v) is 4.58. The van der Waals surface area contributed by atoms with Crippen molar-refractivity contribution >= 4 is 10.1 Å². The van der Waals surface area contributed by atoms with Crippen LogP contribution in [0.2, 0.25) is 0 Å². The summed E-state index contributed by atoms with van der Waals surface area (Å²) in [4.78, 5) is 0.00618. The Hall–Kier alpha value is -1.74. The molecule has 3 aromatic carbocycles. The summed E-state index contributed by atoms with van der Waals surface area (Å²) in [5.74, 6) is -0.00740. The third-order valence-electron chi connectivity index (χ3n) is 3.88. The fourth-order valence-electron chi connectivity index (χ4n) is 2.77. The lowest BCUT2D eigenvalue weighted by Gasteiger charge is -2.19. The van der Waals surface area contributed by atoms with Crippen LogP contribution in [0.4, 0.5) is 0 Å². The summed E-state index contributed by atoms with van der Waals surface area (Å²) in [6, 6.07) is 26.6. The first-order chi connectivity index (χ1) is 12.1. The Morgan fingerprint density at radius 2 is 1.16 bits per heavy atom. The maximum absolute atomic E-state index is 11.9. The molecule has 25 heavy (non-hydrogen) atoms. The van der Waals surface area contributed by atoms with Crippen LogP contribution in [-0.2, 0) is 12.6 Å². The standard InChI is InChI=1S/C19H15IO4S/c21-20-24-25(22,23)18-13-11-17(12-14-18)19(15-7-3-1-4-8-15)16-9-5-2-6-10-16/h1-14,19H. The summed E-state index contributed by atoms with van der Waals surface area (Å²) < 4.78 is 38.7. The van der Waals surface area contributed by atoms with Crippen LogP contribution in [-0.4, -0.2) is 8.42 Å². The molecule has 0 aromatic heterocycles. The van der Waals surface area contributed by atoms with Gasteiger partial charge in [-0.1, -0.05) is 72.8 Å². The molecule has 0 heterocycles. The molecule has 4 nitrogen and oxygen atoms in total. The molecule has 0 radical (unpaired) electrons. The molecule has 0 unspecified atom stereocenters. The highest BCUT2D eigenvalue weighted by Crippen LogP contribution is 2.32. The van der Waals surface area contributed by atoms with Gasteiger partial charge >= 0.3 is 32.2 Å². The van der Waals surface area contributed by atoms with Gasteiger partial charge in [-0.05, 0) is 31.3 Å². The van der Waals surface area contributed by atoms with E-state index in [1.807, 2.05) is 60.7 Å². The molecule has 3 aromatic rings. The van der Waals surface area contributed by atoms with Crippen LogP contribution >= 0.6 is 0 Å². The lowest BCUT2D eigenvalue weighted by molar-refractivity contribution is -1.25. The lowest BCUT2D eigenvalue weighted by Crippen LogP contribution is -3.70. The largest absolute Gasteiger partial charge is 0.566 e. The second-order valence-electron chi connectivity index (χ2n) is 5.40. The Morgan fingerprint density at radius 1 is 0.720 bits per heavy atom. The number of hydrogen-bond donors (Lipinski definition) is 0. The van der Waals surface area contributed by atoms with E-state index in [1.165, 1.54) is 12.1 Å². The fraction of sp³-hybridized carbons (Fsp3) is 0.0526. The van der Waals surface area contributed by atoms with Gasteiger partial charge in [0.05, 0.1) is 4.90 Å². The van der Waals surface area contributed by atoms with E-state index in [0.29, 0.717) is 0 Å². The minimum Gasteiger partial charge on any atom is -0.566 e. The van der Waals surface area contributed by atoms with E-state index < -0.39 is 32.2 Å². The van der Waals surface area contributed by atoms with Crippen molar-refractivity contribution < 1.29 is 36.4 Å². The summed E-state index contributed by atoms with van der Waals surface area (Å²) in [6.45, 7) is 0. The first-order valence-corrected chi connectivity index (χ1v) is 10.7. The number of benzene rings is 3. The molecule has 0 aliphatic rings. The zero-order valence-corrected chi connectivity index (χ0v) is 16.1. The molecule has 0 spiro atoms. The zero-order valence-electron chi connectivity index (χ0n) is 13.1. The van der Waals surface area contributed by atoms with E-state index in [0.717, 1.165) is 16.7 Å². The number of hydrogen-bond acceptors (Lipinski definition) is 4. The molecule has 0 aliphatic carbocycles. The average molecular weight is 466 g/mol. The molecule has 0 bridgehead atoms. The van der Waals surface area contributed by atoms with Gasteiger partial charge in [0.15, 0.2) is 0 Å². The molecular weight excluding hydrogens is 451 g/mol. The minimum atomic E-state index is -3.95. The van der Waals surface area contributed by atoms with E-state index in [4.69, 9.17) is 0 Å². The predicted molar refractivity (Wildman–Crippen MR) is 88.5 cm³/mol. The lowest BCUT2D eigenvalue weighted by atomic mass is 9.85. The van der Waals surface area contributed by atoms with Crippen LogP contribution in [0.5, 0.6) is 0 Å². The van der Waals surface area contributed by atoms with E-state index in [9.17, 15) is 11.9 Å². The molecule has 0 aliphatic heterocycles. The van der Waals surface area contributed by atoms with E-state index in [-0.39, 0.29) is 10.8 Å². The van der Waals surface area contributed by atoms with Crippen LogP contribution in [0.1, 0.15) is 22.6 Å². The molecule has 128 valence electrons. The van der Waals surface area contributed by atoms with Gasteiger partial charge in [0.1, 0.15) is 0 Å². The second kappa shape index (κ2) is 8.09. The van der Waals surface area contributed by atoms with Gasteiger partial charge < -0.3 is 3.44 Å². The summed E-state index contributed by atoms with van der Waals surface area (Å²) in [7, 11) is -3.95. The van der Waals surface area contributed by atoms with Crippen molar-refractivity contribution in [1.82, 2.24) is 0 Å². The third kappa shape index (κ3) is 4.27. The minimum absolute atomic E-state index is 0.00618. The average Bonchev–Trinajstić information content (AvgIpc) is 2.64. The van der Waals surface area contributed by atoms with Crippen LogP contribution in [0.3, 0.4) is 0 Å². The Kier molecular flexibility index (Phi) is 5.85. The second-order valence-corrected chi connectivity index (χ2v) is 8.35. The van der Waals surface area contributed by atoms with Crippen LogP contribution < -0.4 is 25.5 Å². The monoisotopic (exact) mass is 466 g/mol. The molecular formula is C19H15IO4S. The predicted octanol–water partition coefficient (Wildman–Crippen LogP) is -0.149. The number of rotatable bonds is 6. The van der Waals surface area contributed by atoms with Gasteiger partial charge in [0.2, 0.25) is 0 Å². The highest BCUT2D eigenvalue weighted by molar-refractivity contribution is 7.86. The van der Waals surface area contributed by atoms with Crippen molar-refractivity contribution in [3.63, 3.8) is 0 Å². The van der Waals surface area contributed by atoms with E-state index in [2.05, 4.69) is 2.51 Å². The van der Waals surface area contributed by atoms with Gasteiger partial charge in [0, 0.05) is 5.92 Å². The van der Waals surface area contributed by atoms with E-state index >= 15 is 0 Å². The summed E-state index contributed by atoms with van der Waals surface area (Å²) in [6.07, 6.45) is 0. The van der Waals surface area contributed by atoms with Crippen molar-refractivity contribution in [2.75, 3.05) is 0 Å². The first-order valence-electron chi connectivity index (χ1n) is 7.52. The normalized spacial score (nSPS) is 11.6. The Labute approximate surface area is 158 Å². The van der Waals surface area contributed by atoms with Crippen molar-refractivity contribution in [2.24, 2.45) is 0 Å². The summed E-state index contributed by atoms with van der Waals surface area (Å²) >= 11 is -2.04. The van der Waals surface area contributed by atoms with Gasteiger partial charge in [0.25, 0.3) is 0 Å². The van der Waals surface area contributed by atoms with Crippen molar-refractivity contribution in [3.8, 4) is 0 Å². The Morgan fingerprint density at radius 3 is 1.60 bits per heavy atom. The smallest absolute Gasteiger partial charge is 0.471 e. The van der Waals surface area contributed by atoms with Gasteiger partial charge in [-0.3, -0.25) is 0 Å². The molecule has 0 saturated heterocycles. The molecule has 0 N–H and O–H groups in total. The molecule has 0 fully saturated rings. The van der Waals surface area contributed by atoms with Gasteiger partial charge in [-0.25, -0.2) is 0 Å². The first kappa shape index (κ1) is 18.1. The van der Waals surface area contributed by atoms with Crippen LogP contribution in [0, 0.1) is 0 Å². The number of halogens is 1. The molecule has 0 atom stereocenters. The van der Waals surface area contributed by atoms with Gasteiger partial charge in [-0.15, -0.1) is 0 Å². The van der Waals surface area contributed by atoms with Crippen molar-refractivity contribution in [3.05, 3.63) is 102 Å². The summed E-state index contributed by atoms with van der Waals surface area (Å²) in [5.41, 5.74) is 3.20. The van der Waals surface area contributed by atoms with Gasteiger partial charge in [-0.2, -0.15) is 8.42 Å². The molecule has 6 heteroatoms. The van der Waals surface area contributed by atoms with Crippen LogP contribution in [0.25, 0.3) is 0 Å². The Balaban J connectivity index is 2.03. The summed E-state index contributed by atoms with van der Waals surface area (Å²) in [5, 5.41) is 0. The third-order valence-corrected chi connectivity index (χ3v) is 6.80. The maximum atomic E-state index is 11.9.